The number of hydrogen-bond acceptors (Lipinski definition) is 2. The number of carbonyl (C=O) groups is 1. The number of nitrogens with zero attached hydrogens (tertiary/aromatic N) is 2. The normalized spacial score (nSPS) is 20.9. The fourth-order valence-electron chi connectivity index (χ4n) is 2.28. The van der Waals surface area contributed by atoms with Crippen LogP contribution in [0.3, 0.4) is 0 Å². The first kappa shape index (κ1) is 11.4. The van der Waals surface area contributed by atoms with E-state index in [0.717, 1.165) is 31.4 Å². The monoisotopic (exact) mass is 238 g/mol. The number of rotatable bonds is 1. The van der Waals surface area contributed by atoms with Crippen molar-refractivity contribution in [3.63, 3.8) is 0 Å². The Balaban J connectivity index is 2.30. The number of hydrogen-bond donors (Lipinski definition) is 0. The Labute approximate surface area is 100 Å². The summed E-state index contributed by atoms with van der Waals surface area (Å²) in [6.07, 6.45) is 4.87. The molecule has 0 N–H and O–H groups in total. The van der Waals surface area contributed by atoms with E-state index in [-0.39, 0.29) is 11.9 Å². The van der Waals surface area contributed by atoms with Gasteiger partial charge in [-0.15, -0.1) is 0 Å². The van der Waals surface area contributed by atoms with Crippen LogP contribution in [0.5, 0.6) is 0 Å². The van der Waals surface area contributed by atoms with Gasteiger partial charge in [0.05, 0.1) is 6.04 Å². The van der Waals surface area contributed by atoms with Crippen LogP contribution < -0.4 is 0 Å². The molecule has 2 rings (SSSR count). The van der Waals surface area contributed by atoms with Crippen molar-refractivity contribution in [1.29, 1.82) is 0 Å². The van der Waals surface area contributed by atoms with E-state index < -0.39 is 0 Å². The smallest absolute Gasteiger partial charge is 0.219 e. The van der Waals surface area contributed by atoms with Crippen molar-refractivity contribution in [3.05, 3.63) is 29.0 Å². The topological polar surface area (TPSA) is 33.2 Å². The average Bonchev–Trinajstić information content (AvgIpc) is 2.29. The third-order valence-corrected chi connectivity index (χ3v) is 3.37. The van der Waals surface area contributed by atoms with Crippen molar-refractivity contribution >= 4 is 17.5 Å². The highest BCUT2D eigenvalue weighted by Crippen LogP contribution is 2.33. The highest BCUT2D eigenvalue weighted by atomic mass is 35.5. The molecule has 0 aliphatic carbocycles. The second-order valence-electron chi connectivity index (χ2n) is 4.11. The van der Waals surface area contributed by atoms with Gasteiger partial charge in [0.15, 0.2) is 0 Å². The van der Waals surface area contributed by atoms with E-state index in [9.17, 15) is 4.79 Å². The van der Waals surface area contributed by atoms with E-state index in [4.69, 9.17) is 11.6 Å². The molecule has 0 bridgehead atoms. The average molecular weight is 239 g/mol. The van der Waals surface area contributed by atoms with Crippen LogP contribution in [0.2, 0.25) is 5.15 Å². The fourth-order valence-corrected chi connectivity index (χ4v) is 2.52. The molecule has 1 aliphatic rings. The molecule has 1 aromatic rings. The molecule has 1 amide bonds. The molecule has 1 atom stereocenters. The number of carbonyl (C=O) groups excluding carboxylic acids is 1. The summed E-state index contributed by atoms with van der Waals surface area (Å²) < 4.78 is 0. The van der Waals surface area contributed by atoms with Crippen LogP contribution in [0.4, 0.5) is 0 Å². The van der Waals surface area contributed by atoms with Gasteiger partial charge in [-0.3, -0.25) is 4.79 Å². The zero-order valence-electron chi connectivity index (χ0n) is 9.32. The Bertz CT molecular complexity index is 394. The van der Waals surface area contributed by atoms with Gasteiger partial charge < -0.3 is 4.90 Å². The highest BCUT2D eigenvalue weighted by molar-refractivity contribution is 6.30. The number of pyridine rings is 1. The van der Waals surface area contributed by atoms with E-state index >= 15 is 0 Å². The van der Waals surface area contributed by atoms with Crippen molar-refractivity contribution in [1.82, 2.24) is 9.88 Å². The Morgan fingerprint density at radius 2 is 2.38 bits per heavy atom. The molecular formula is C12H15ClN2O. The molecule has 0 radical (unpaired) electrons. The van der Waals surface area contributed by atoms with Crippen molar-refractivity contribution in [3.8, 4) is 0 Å². The predicted octanol–water partition coefficient (Wildman–Crippen LogP) is 2.81. The lowest BCUT2D eigenvalue weighted by molar-refractivity contribution is -0.132. The number of amides is 1. The first-order chi connectivity index (χ1) is 7.70. The van der Waals surface area contributed by atoms with E-state index in [0.29, 0.717) is 5.15 Å². The second kappa shape index (κ2) is 4.83. The SMILES string of the molecule is CC(=O)N1CCCC[C@@H]1c1cccnc1Cl. The third-order valence-electron chi connectivity index (χ3n) is 3.05. The van der Waals surface area contributed by atoms with Gasteiger partial charge in [-0.25, -0.2) is 4.98 Å². The zero-order chi connectivity index (χ0) is 11.5. The standard InChI is InChI=1S/C12H15ClN2O/c1-9(16)15-8-3-2-6-11(15)10-5-4-7-14-12(10)13/h4-5,7,11H,2-3,6,8H2,1H3/t11-/m1/s1. The summed E-state index contributed by atoms with van der Waals surface area (Å²) >= 11 is 6.08. The van der Waals surface area contributed by atoms with Gasteiger partial charge >= 0.3 is 0 Å². The molecule has 0 spiro atoms. The minimum Gasteiger partial charge on any atom is -0.336 e. The molecule has 86 valence electrons. The maximum Gasteiger partial charge on any atom is 0.219 e. The Hall–Kier alpha value is -1.09. The molecule has 1 fully saturated rings. The van der Waals surface area contributed by atoms with Gasteiger partial charge in [0, 0.05) is 25.2 Å². The van der Waals surface area contributed by atoms with Crippen LogP contribution in [0.1, 0.15) is 37.8 Å². The predicted molar refractivity (Wildman–Crippen MR) is 63.2 cm³/mol. The summed E-state index contributed by atoms with van der Waals surface area (Å²) in [7, 11) is 0. The summed E-state index contributed by atoms with van der Waals surface area (Å²) in [6.45, 7) is 2.44. The van der Waals surface area contributed by atoms with Gasteiger partial charge in [-0.1, -0.05) is 17.7 Å². The molecule has 1 saturated heterocycles. The Kier molecular flexibility index (Phi) is 3.44. The molecule has 2 heterocycles. The minimum atomic E-state index is 0.104. The Morgan fingerprint density at radius 3 is 3.06 bits per heavy atom. The van der Waals surface area contributed by atoms with Gasteiger partial charge in [-0.2, -0.15) is 0 Å². The summed E-state index contributed by atoms with van der Waals surface area (Å²) in [5.41, 5.74) is 0.971. The Morgan fingerprint density at radius 1 is 1.56 bits per heavy atom. The van der Waals surface area contributed by atoms with E-state index in [1.165, 1.54) is 0 Å². The highest BCUT2D eigenvalue weighted by Gasteiger charge is 2.27. The fraction of sp³-hybridized carbons (Fsp3) is 0.500. The van der Waals surface area contributed by atoms with Gasteiger partial charge in [-0.05, 0) is 25.3 Å². The van der Waals surface area contributed by atoms with E-state index in [1.54, 1.807) is 13.1 Å². The van der Waals surface area contributed by atoms with Gasteiger partial charge in [0.25, 0.3) is 0 Å². The molecule has 3 nitrogen and oxygen atoms in total. The van der Waals surface area contributed by atoms with Crippen LogP contribution in [0, 0.1) is 0 Å². The molecule has 16 heavy (non-hydrogen) atoms. The second-order valence-corrected chi connectivity index (χ2v) is 4.47. The van der Waals surface area contributed by atoms with Crippen LogP contribution >= 0.6 is 11.6 Å². The first-order valence-electron chi connectivity index (χ1n) is 5.58. The maximum absolute atomic E-state index is 11.6. The van der Waals surface area contributed by atoms with Crippen molar-refractivity contribution in [2.75, 3.05) is 6.54 Å². The van der Waals surface area contributed by atoms with E-state index in [1.807, 2.05) is 17.0 Å². The van der Waals surface area contributed by atoms with Crippen molar-refractivity contribution in [2.45, 2.75) is 32.2 Å². The lowest BCUT2D eigenvalue weighted by atomic mass is 9.96. The largest absolute Gasteiger partial charge is 0.336 e. The van der Waals surface area contributed by atoms with Crippen molar-refractivity contribution in [2.24, 2.45) is 0 Å². The third kappa shape index (κ3) is 2.19. The molecular weight excluding hydrogens is 224 g/mol. The molecule has 0 aromatic carbocycles. The minimum absolute atomic E-state index is 0.104. The maximum atomic E-state index is 11.6. The first-order valence-corrected chi connectivity index (χ1v) is 5.95. The lowest BCUT2D eigenvalue weighted by Crippen LogP contribution is -2.37. The van der Waals surface area contributed by atoms with Gasteiger partial charge in [0.2, 0.25) is 5.91 Å². The van der Waals surface area contributed by atoms with Gasteiger partial charge in [0.1, 0.15) is 5.15 Å². The van der Waals surface area contributed by atoms with Crippen LogP contribution in [-0.4, -0.2) is 22.3 Å². The molecule has 0 saturated carbocycles. The molecule has 1 aromatic heterocycles. The number of piperidine rings is 1. The summed E-state index contributed by atoms with van der Waals surface area (Å²) in [4.78, 5) is 17.5. The summed E-state index contributed by atoms with van der Waals surface area (Å²) in [5, 5.41) is 0.514. The van der Waals surface area contributed by atoms with Crippen molar-refractivity contribution < 1.29 is 4.79 Å². The number of aromatic nitrogens is 1. The van der Waals surface area contributed by atoms with E-state index in [2.05, 4.69) is 4.98 Å². The van der Waals surface area contributed by atoms with Crippen LogP contribution in [0.25, 0.3) is 0 Å². The zero-order valence-corrected chi connectivity index (χ0v) is 10.1. The van der Waals surface area contributed by atoms with Crippen LogP contribution in [-0.2, 0) is 4.79 Å². The number of halogens is 1. The lowest BCUT2D eigenvalue weighted by Gasteiger charge is -2.35. The quantitative estimate of drug-likeness (QED) is 0.705. The van der Waals surface area contributed by atoms with Crippen LogP contribution in [0.15, 0.2) is 18.3 Å². The summed E-state index contributed by atoms with van der Waals surface area (Å²) in [5.74, 6) is 0.115. The molecule has 1 aliphatic heterocycles. The summed E-state index contributed by atoms with van der Waals surface area (Å²) in [6, 6.07) is 3.93. The molecule has 4 heteroatoms. The number of likely N-dealkylation sites (tertiary alicyclic amines) is 1. The molecule has 0 unspecified atom stereocenters.